The van der Waals surface area contributed by atoms with Gasteiger partial charge in [0.2, 0.25) is 0 Å². The molecule has 0 aromatic carbocycles. The highest BCUT2D eigenvalue weighted by Gasteiger charge is 2.03. The largest absolute Gasteiger partial charge is 0.472 e. The molecule has 0 aliphatic carbocycles. The minimum absolute atomic E-state index is 0.685. The maximum absolute atomic E-state index is 5.01. The molecule has 90 valence electrons. The van der Waals surface area contributed by atoms with Crippen LogP contribution in [0.2, 0.25) is 0 Å². The van der Waals surface area contributed by atoms with Gasteiger partial charge in [0.15, 0.2) is 5.82 Å². The van der Waals surface area contributed by atoms with E-state index in [0.29, 0.717) is 19.0 Å². The van der Waals surface area contributed by atoms with Gasteiger partial charge in [-0.3, -0.25) is 0 Å². The molecule has 0 radical (unpaired) electrons. The Labute approximate surface area is 99.8 Å². The minimum atomic E-state index is 0.685. The highest BCUT2D eigenvalue weighted by Crippen LogP contribution is 2.14. The van der Waals surface area contributed by atoms with E-state index in [1.807, 2.05) is 12.1 Å². The Morgan fingerprint density at radius 3 is 3.12 bits per heavy atom. The van der Waals surface area contributed by atoms with Crippen LogP contribution in [-0.2, 0) is 11.3 Å². The van der Waals surface area contributed by atoms with Crippen molar-refractivity contribution in [3.63, 3.8) is 0 Å². The molecule has 2 heterocycles. The summed E-state index contributed by atoms with van der Waals surface area (Å²) in [7, 11) is 1.68. The first kappa shape index (κ1) is 11.8. The molecule has 0 aliphatic heterocycles. The van der Waals surface area contributed by atoms with Gasteiger partial charge in [-0.2, -0.15) is 0 Å². The maximum Gasteiger partial charge on any atom is 0.162 e. The smallest absolute Gasteiger partial charge is 0.162 e. The van der Waals surface area contributed by atoms with Crippen molar-refractivity contribution in [2.45, 2.75) is 6.54 Å². The van der Waals surface area contributed by atoms with Crippen LogP contribution in [0.5, 0.6) is 0 Å². The fourth-order valence-corrected chi connectivity index (χ4v) is 1.42. The van der Waals surface area contributed by atoms with Crippen LogP contribution in [-0.4, -0.2) is 30.2 Å². The van der Waals surface area contributed by atoms with Gasteiger partial charge in [-0.1, -0.05) is 0 Å². The molecule has 0 spiro atoms. The summed E-state index contributed by atoms with van der Waals surface area (Å²) in [6.07, 6.45) is 5.00. The molecular weight excluding hydrogens is 218 g/mol. The molecule has 2 aromatic rings. The Kier molecular flexibility index (Phi) is 4.23. The van der Waals surface area contributed by atoms with Gasteiger partial charge in [-0.25, -0.2) is 9.97 Å². The first-order chi connectivity index (χ1) is 8.40. The quantitative estimate of drug-likeness (QED) is 0.766. The summed E-state index contributed by atoms with van der Waals surface area (Å²) in [4.78, 5) is 8.64. The van der Waals surface area contributed by atoms with E-state index in [9.17, 15) is 0 Å². The number of aromatic nitrogens is 2. The summed E-state index contributed by atoms with van der Waals surface area (Å²) in [5, 5.41) is 3.24. The number of hydrogen-bond acceptors (Lipinski definition) is 5. The maximum atomic E-state index is 5.01. The summed E-state index contributed by atoms with van der Waals surface area (Å²) in [6.45, 7) is 2.21. The Balaban J connectivity index is 1.97. The Bertz CT molecular complexity index is 443. The van der Waals surface area contributed by atoms with Crippen molar-refractivity contribution in [3.05, 3.63) is 36.5 Å². The van der Waals surface area contributed by atoms with E-state index in [0.717, 1.165) is 17.8 Å². The molecule has 0 saturated heterocycles. The van der Waals surface area contributed by atoms with Crippen LogP contribution in [0, 0.1) is 0 Å². The number of nitrogens with zero attached hydrogens (tertiary/aromatic N) is 2. The fraction of sp³-hybridized carbons (Fsp3) is 0.333. The van der Waals surface area contributed by atoms with Crippen LogP contribution in [0.15, 0.2) is 35.3 Å². The predicted molar refractivity (Wildman–Crippen MR) is 63.3 cm³/mol. The molecular formula is C12H15N3O2. The molecule has 0 atom stereocenters. The highest BCUT2D eigenvalue weighted by atomic mass is 16.5. The molecule has 0 unspecified atom stereocenters. The molecule has 0 aliphatic rings. The predicted octanol–water partition coefficient (Wildman–Crippen LogP) is 1.47. The van der Waals surface area contributed by atoms with E-state index < -0.39 is 0 Å². The molecule has 0 fully saturated rings. The molecule has 5 heteroatoms. The standard InChI is InChI=1S/C12H15N3O2/c1-16-7-5-13-8-11-2-4-14-12(15-11)10-3-6-17-9-10/h2-4,6,9,13H,5,7-8H2,1H3. The number of rotatable bonds is 6. The number of hydrogen-bond donors (Lipinski definition) is 1. The molecule has 1 N–H and O–H groups in total. The number of methoxy groups -OCH3 is 1. The van der Waals surface area contributed by atoms with Crippen LogP contribution in [0.4, 0.5) is 0 Å². The summed E-state index contributed by atoms with van der Waals surface area (Å²) in [6, 6.07) is 3.74. The van der Waals surface area contributed by atoms with E-state index in [-0.39, 0.29) is 0 Å². The van der Waals surface area contributed by atoms with Crippen molar-refractivity contribution in [2.75, 3.05) is 20.3 Å². The lowest BCUT2D eigenvalue weighted by Gasteiger charge is -2.04. The van der Waals surface area contributed by atoms with Crippen molar-refractivity contribution >= 4 is 0 Å². The van der Waals surface area contributed by atoms with Gasteiger partial charge in [0, 0.05) is 26.4 Å². The molecule has 0 amide bonds. The third-order valence-electron chi connectivity index (χ3n) is 2.28. The molecule has 2 rings (SSSR count). The monoisotopic (exact) mass is 233 g/mol. The zero-order valence-corrected chi connectivity index (χ0v) is 9.72. The van der Waals surface area contributed by atoms with E-state index in [2.05, 4.69) is 15.3 Å². The van der Waals surface area contributed by atoms with Crippen LogP contribution in [0.3, 0.4) is 0 Å². The lowest BCUT2D eigenvalue weighted by molar-refractivity contribution is 0.199. The molecule has 17 heavy (non-hydrogen) atoms. The summed E-state index contributed by atoms with van der Waals surface area (Å²) >= 11 is 0. The van der Waals surface area contributed by atoms with E-state index in [4.69, 9.17) is 9.15 Å². The van der Waals surface area contributed by atoms with Crippen LogP contribution < -0.4 is 5.32 Å². The second-order valence-corrected chi connectivity index (χ2v) is 3.55. The molecule has 0 bridgehead atoms. The van der Waals surface area contributed by atoms with Gasteiger partial charge in [0.25, 0.3) is 0 Å². The Hall–Kier alpha value is -1.72. The van der Waals surface area contributed by atoms with Crippen molar-refractivity contribution in [1.29, 1.82) is 0 Å². The second kappa shape index (κ2) is 6.12. The minimum Gasteiger partial charge on any atom is -0.472 e. The summed E-state index contributed by atoms with van der Waals surface area (Å²) in [5.41, 5.74) is 1.84. The van der Waals surface area contributed by atoms with E-state index in [1.165, 1.54) is 0 Å². The summed E-state index contributed by atoms with van der Waals surface area (Å²) < 4.78 is 9.96. The summed E-state index contributed by atoms with van der Waals surface area (Å²) in [5.74, 6) is 0.685. The van der Waals surface area contributed by atoms with Gasteiger partial charge in [0.1, 0.15) is 6.26 Å². The van der Waals surface area contributed by atoms with Crippen molar-refractivity contribution in [1.82, 2.24) is 15.3 Å². The van der Waals surface area contributed by atoms with Crippen LogP contribution in [0.1, 0.15) is 5.69 Å². The molecule has 2 aromatic heterocycles. The SMILES string of the molecule is COCCNCc1ccnc(-c2ccoc2)n1. The Morgan fingerprint density at radius 2 is 2.35 bits per heavy atom. The first-order valence-electron chi connectivity index (χ1n) is 5.44. The fourth-order valence-electron chi connectivity index (χ4n) is 1.42. The van der Waals surface area contributed by atoms with Crippen LogP contribution in [0.25, 0.3) is 11.4 Å². The second-order valence-electron chi connectivity index (χ2n) is 3.55. The average molecular weight is 233 g/mol. The van der Waals surface area contributed by atoms with Crippen molar-refractivity contribution in [3.8, 4) is 11.4 Å². The van der Waals surface area contributed by atoms with Crippen molar-refractivity contribution in [2.24, 2.45) is 0 Å². The lowest BCUT2D eigenvalue weighted by atomic mass is 10.3. The highest BCUT2D eigenvalue weighted by molar-refractivity contribution is 5.52. The molecule has 5 nitrogen and oxygen atoms in total. The van der Waals surface area contributed by atoms with Gasteiger partial charge in [-0.05, 0) is 12.1 Å². The van der Waals surface area contributed by atoms with Gasteiger partial charge < -0.3 is 14.5 Å². The third kappa shape index (κ3) is 3.37. The first-order valence-corrected chi connectivity index (χ1v) is 5.44. The number of nitrogens with one attached hydrogen (secondary N) is 1. The lowest BCUT2D eigenvalue weighted by Crippen LogP contribution is -2.19. The van der Waals surface area contributed by atoms with Gasteiger partial charge in [0.05, 0.1) is 24.1 Å². The molecule has 0 saturated carbocycles. The van der Waals surface area contributed by atoms with Gasteiger partial charge in [-0.15, -0.1) is 0 Å². The van der Waals surface area contributed by atoms with E-state index in [1.54, 1.807) is 25.8 Å². The Morgan fingerprint density at radius 1 is 1.41 bits per heavy atom. The zero-order valence-electron chi connectivity index (χ0n) is 9.72. The average Bonchev–Trinajstić information content (AvgIpc) is 2.89. The van der Waals surface area contributed by atoms with Crippen molar-refractivity contribution < 1.29 is 9.15 Å². The number of ether oxygens (including phenoxy) is 1. The van der Waals surface area contributed by atoms with Crippen LogP contribution >= 0.6 is 0 Å². The number of furan rings is 1. The van der Waals surface area contributed by atoms with E-state index >= 15 is 0 Å². The third-order valence-corrected chi connectivity index (χ3v) is 2.28. The topological polar surface area (TPSA) is 60.2 Å². The van der Waals surface area contributed by atoms with Gasteiger partial charge >= 0.3 is 0 Å². The normalized spacial score (nSPS) is 10.6. The zero-order chi connectivity index (χ0) is 11.9.